The minimum atomic E-state index is -0.199. The maximum atomic E-state index is 12.5. The van der Waals surface area contributed by atoms with Crippen LogP contribution in [0.15, 0.2) is 43.0 Å². The van der Waals surface area contributed by atoms with E-state index in [1.54, 1.807) is 44.4 Å². The molecule has 8 heteroatoms. The zero-order valence-corrected chi connectivity index (χ0v) is 15.5. The number of rotatable bonds is 7. The van der Waals surface area contributed by atoms with Crippen molar-refractivity contribution >= 4 is 5.91 Å². The summed E-state index contributed by atoms with van der Waals surface area (Å²) in [6.45, 7) is 0.481. The highest BCUT2D eigenvalue weighted by Crippen LogP contribution is 2.32. The number of benzene rings is 1. The van der Waals surface area contributed by atoms with Crippen LogP contribution in [0.25, 0.3) is 11.3 Å². The molecule has 27 heavy (non-hydrogen) atoms. The first-order chi connectivity index (χ1) is 13.1. The van der Waals surface area contributed by atoms with Gasteiger partial charge in [0.15, 0.2) is 0 Å². The van der Waals surface area contributed by atoms with Gasteiger partial charge in [-0.1, -0.05) is 0 Å². The van der Waals surface area contributed by atoms with Gasteiger partial charge in [-0.05, 0) is 36.2 Å². The van der Waals surface area contributed by atoms with Crippen molar-refractivity contribution in [2.24, 2.45) is 7.05 Å². The predicted octanol–water partition coefficient (Wildman–Crippen LogP) is 1.87. The van der Waals surface area contributed by atoms with Crippen molar-refractivity contribution in [3.63, 3.8) is 0 Å². The molecule has 0 fully saturated rings. The van der Waals surface area contributed by atoms with Crippen LogP contribution in [-0.2, 0) is 13.5 Å². The fraction of sp³-hybridized carbons (Fsp3) is 0.263. The van der Waals surface area contributed by atoms with Gasteiger partial charge in [0.05, 0.1) is 19.9 Å². The molecule has 0 aliphatic rings. The third-order valence-corrected chi connectivity index (χ3v) is 4.11. The Bertz CT molecular complexity index is 924. The van der Waals surface area contributed by atoms with E-state index in [-0.39, 0.29) is 5.91 Å². The highest BCUT2D eigenvalue weighted by Gasteiger charge is 2.17. The Morgan fingerprint density at radius 1 is 1.15 bits per heavy atom. The van der Waals surface area contributed by atoms with Gasteiger partial charge in [0.1, 0.15) is 23.5 Å². The molecule has 0 saturated carbocycles. The van der Waals surface area contributed by atoms with Crippen molar-refractivity contribution in [3.8, 4) is 22.8 Å². The molecule has 0 atom stereocenters. The van der Waals surface area contributed by atoms with E-state index in [1.807, 2.05) is 18.2 Å². The second-order valence-corrected chi connectivity index (χ2v) is 5.86. The number of aromatic nitrogens is 4. The summed E-state index contributed by atoms with van der Waals surface area (Å²) in [5.41, 5.74) is 2.81. The van der Waals surface area contributed by atoms with Gasteiger partial charge in [-0.15, -0.1) is 0 Å². The van der Waals surface area contributed by atoms with Crippen molar-refractivity contribution in [2.75, 3.05) is 20.8 Å². The van der Waals surface area contributed by atoms with E-state index in [2.05, 4.69) is 20.4 Å². The Morgan fingerprint density at radius 3 is 2.63 bits per heavy atom. The first kappa shape index (κ1) is 18.4. The predicted molar refractivity (Wildman–Crippen MR) is 99.8 cm³/mol. The minimum Gasteiger partial charge on any atom is -0.497 e. The summed E-state index contributed by atoms with van der Waals surface area (Å²) in [5.74, 6) is 1.15. The lowest BCUT2D eigenvalue weighted by molar-refractivity contribution is 0.0944. The van der Waals surface area contributed by atoms with Crippen LogP contribution in [0.5, 0.6) is 11.5 Å². The van der Waals surface area contributed by atoms with E-state index in [0.29, 0.717) is 35.9 Å². The number of carbonyl (C=O) groups excluding carboxylic acids is 1. The Balaban J connectivity index is 1.75. The van der Waals surface area contributed by atoms with Crippen LogP contribution in [0.2, 0.25) is 0 Å². The number of carbonyl (C=O) groups is 1. The summed E-state index contributed by atoms with van der Waals surface area (Å²) in [6, 6.07) is 7.19. The maximum Gasteiger partial charge on any atom is 0.269 e. The number of nitrogens with one attached hydrogen (secondary N) is 1. The molecule has 1 amide bonds. The van der Waals surface area contributed by atoms with E-state index in [0.717, 1.165) is 11.1 Å². The van der Waals surface area contributed by atoms with E-state index in [9.17, 15) is 4.79 Å². The van der Waals surface area contributed by atoms with Gasteiger partial charge in [-0.3, -0.25) is 9.48 Å². The maximum absolute atomic E-state index is 12.5. The largest absolute Gasteiger partial charge is 0.497 e. The molecule has 2 aromatic heterocycles. The average molecular weight is 367 g/mol. The first-order valence-corrected chi connectivity index (χ1v) is 8.41. The smallest absolute Gasteiger partial charge is 0.269 e. The lowest BCUT2D eigenvalue weighted by Gasteiger charge is -2.08. The van der Waals surface area contributed by atoms with Gasteiger partial charge in [0.2, 0.25) is 0 Å². The van der Waals surface area contributed by atoms with Crippen molar-refractivity contribution < 1.29 is 14.3 Å². The molecule has 0 aliphatic carbocycles. The standard InChI is InChI=1S/C19H21N5O3/c1-24-17(19(25)22-7-6-13-10-20-12-21-11-13)9-16(23-24)15-8-14(26-2)4-5-18(15)27-3/h4-5,8-12H,6-7H2,1-3H3,(H,22,25). The van der Waals surface area contributed by atoms with E-state index in [4.69, 9.17) is 9.47 Å². The Morgan fingerprint density at radius 2 is 1.93 bits per heavy atom. The normalized spacial score (nSPS) is 10.5. The topological polar surface area (TPSA) is 91.2 Å². The second-order valence-electron chi connectivity index (χ2n) is 5.86. The Kier molecular flexibility index (Phi) is 5.65. The molecule has 0 unspecified atom stereocenters. The van der Waals surface area contributed by atoms with Crippen LogP contribution in [0.3, 0.4) is 0 Å². The lowest BCUT2D eigenvalue weighted by Crippen LogP contribution is -2.27. The number of hydrogen-bond donors (Lipinski definition) is 1. The monoisotopic (exact) mass is 367 g/mol. The molecule has 8 nitrogen and oxygen atoms in total. The molecule has 3 aromatic rings. The van der Waals surface area contributed by atoms with E-state index < -0.39 is 0 Å². The van der Waals surface area contributed by atoms with Crippen LogP contribution in [-0.4, -0.2) is 46.4 Å². The van der Waals surface area contributed by atoms with Gasteiger partial charge >= 0.3 is 0 Å². The molecule has 1 aromatic carbocycles. The average Bonchev–Trinajstić information content (AvgIpc) is 3.09. The van der Waals surface area contributed by atoms with E-state index in [1.165, 1.54) is 6.33 Å². The third kappa shape index (κ3) is 4.22. The van der Waals surface area contributed by atoms with Gasteiger partial charge in [0.25, 0.3) is 5.91 Å². The van der Waals surface area contributed by atoms with Gasteiger partial charge in [0, 0.05) is 31.5 Å². The Hall–Kier alpha value is -3.42. The SMILES string of the molecule is COc1ccc(OC)c(-c2cc(C(=O)NCCc3cncnc3)n(C)n2)c1. The molecule has 0 bridgehead atoms. The zero-order valence-electron chi connectivity index (χ0n) is 15.5. The molecule has 0 aliphatic heterocycles. The fourth-order valence-corrected chi connectivity index (χ4v) is 2.70. The number of ether oxygens (including phenoxy) is 2. The lowest BCUT2D eigenvalue weighted by atomic mass is 10.1. The van der Waals surface area contributed by atoms with Crippen molar-refractivity contribution in [2.45, 2.75) is 6.42 Å². The van der Waals surface area contributed by atoms with Gasteiger partial charge in [-0.25, -0.2) is 9.97 Å². The molecular formula is C19H21N5O3. The number of amides is 1. The fourth-order valence-electron chi connectivity index (χ4n) is 2.70. The molecule has 140 valence electrons. The quantitative estimate of drug-likeness (QED) is 0.685. The molecule has 3 rings (SSSR count). The summed E-state index contributed by atoms with van der Waals surface area (Å²) >= 11 is 0. The summed E-state index contributed by atoms with van der Waals surface area (Å²) in [7, 11) is 4.92. The van der Waals surface area contributed by atoms with Crippen LogP contribution in [0.4, 0.5) is 0 Å². The van der Waals surface area contributed by atoms with Crippen molar-refractivity contribution in [1.29, 1.82) is 0 Å². The molecule has 0 saturated heterocycles. The summed E-state index contributed by atoms with van der Waals surface area (Å²) in [6.07, 6.45) is 5.60. The van der Waals surface area contributed by atoms with Crippen molar-refractivity contribution in [1.82, 2.24) is 25.1 Å². The summed E-state index contributed by atoms with van der Waals surface area (Å²) in [5, 5.41) is 7.35. The molecular weight excluding hydrogens is 346 g/mol. The van der Waals surface area contributed by atoms with Crippen molar-refractivity contribution in [3.05, 3.63) is 54.2 Å². The molecule has 0 spiro atoms. The van der Waals surface area contributed by atoms with Crippen LogP contribution < -0.4 is 14.8 Å². The molecule has 1 N–H and O–H groups in total. The van der Waals surface area contributed by atoms with E-state index >= 15 is 0 Å². The second kappa shape index (κ2) is 8.31. The number of aryl methyl sites for hydroxylation is 1. The summed E-state index contributed by atoms with van der Waals surface area (Å²) in [4.78, 5) is 20.4. The van der Waals surface area contributed by atoms with Gasteiger partial charge < -0.3 is 14.8 Å². The summed E-state index contributed by atoms with van der Waals surface area (Å²) < 4.78 is 12.2. The third-order valence-electron chi connectivity index (χ3n) is 4.11. The molecule has 0 radical (unpaired) electrons. The van der Waals surface area contributed by atoms with Gasteiger partial charge in [-0.2, -0.15) is 5.10 Å². The number of nitrogens with zero attached hydrogens (tertiary/aromatic N) is 4. The highest BCUT2D eigenvalue weighted by atomic mass is 16.5. The van der Waals surface area contributed by atoms with Crippen LogP contribution in [0.1, 0.15) is 16.1 Å². The molecule has 2 heterocycles. The Labute approximate surface area is 157 Å². The first-order valence-electron chi connectivity index (χ1n) is 8.41. The van der Waals surface area contributed by atoms with Crippen LogP contribution >= 0.6 is 0 Å². The minimum absolute atomic E-state index is 0.199. The highest BCUT2D eigenvalue weighted by molar-refractivity contribution is 5.94. The number of hydrogen-bond acceptors (Lipinski definition) is 6. The number of methoxy groups -OCH3 is 2. The zero-order chi connectivity index (χ0) is 19.2. The van der Waals surface area contributed by atoms with Crippen LogP contribution in [0, 0.1) is 0 Å².